The first-order chi connectivity index (χ1) is 16.0. The maximum absolute atomic E-state index is 13.2. The number of benzene rings is 2. The highest BCUT2D eigenvalue weighted by molar-refractivity contribution is 6.46. The standard InChI is InChI=1S/C26H30N2O5/c1-18-8-10-19(11-9-18)24(29)22-23(20-6-3-4-7-21(20)32-2)28(26(31)25(22)30)13-5-12-27-14-16-33-17-15-27/h3-4,6-11,23,29H,5,12-17H2,1-2H3/t23-/m1/s1. The minimum Gasteiger partial charge on any atom is -0.507 e. The normalized spacial score (nSPS) is 20.9. The van der Waals surface area contributed by atoms with Crippen LogP contribution in [0.4, 0.5) is 0 Å². The molecular formula is C26H30N2O5. The summed E-state index contributed by atoms with van der Waals surface area (Å²) in [5.41, 5.74) is 2.32. The molecule has 1 amide bonds. The zero-order chi connectivity index (χ0) is 23.4. The molecule has 2 saturated heterocycles. The molecule has 0 radical (unpaired) electrons. The van der Waals surface area contributed by atoms with E-state index >= 15 is 0 Å². The van der Waals surface area contributed by atoms with E-state index in [1.54, 1.807) is 30.2 Å². The third-order valence-corrected chi connectivity index (χ3v) is 6.28. The number of hydrogen-bond donors (Lipinski definition) is 1. The van der Waals surface area contributed by atoms with Crippen LogP contribution in [0.3, 0.4) is 0 Å². The van der Waals surface area contributed by atoms with Gasteiger partial charge in [-0.2, -0.15) is 0 Å². The summed E-state index contributed by atoms with van der Waals surface area (Å²) in [6.07, 6.45) is 0.712. The molecule has 2 aromatic carbocycles. The van der Waals surface area contributed by atoms with Crippen LogP contribution in [0, 0.1) is 6.92 Å². The number of para-hydroxylation sites is 1. The summed E-state index contributed by atoms with van der Waals surface area (Å²) < 4.78 is 11.0. The van der Waals surface area contributed by atoms with Crippen molar-refractivity contribution in [3.63, 3.8) is 0 Å². The highest BCUT2D eigenvalue weighted by Crippen LogP contribution is 2.42. The van der Waals surface area contributed by atoms with Crippen molar-refractivity contribution in [2.45, 2.75) is 19.4 Å². The maximum Gasteiger partial charge on any atom is 0.295 e. The molecule has 2 aromatic rings. The molecule has 0 aliphatic carbocycles. The van der Waals surface area contributed by atoms with Crippen LogP contribution in [0.1, 0.15) is 29.2 Å². The number of hydrogen-bond acceptors (Lipinski definition) is 6. The number of amides is 1. The number of carbonyl (C=O) groups excluding carboxylic acids is 2. The number of aliphatic hydroxyl groups is 1. The van der Waals surface area contributed by atoms with Crippen LogP contribution in [-0.4, -0.2) is 73.1 Å². The number of Topliss-reactive ketones (excluding diaryl/α,β-unsaturated/α-hetero) is 1. The van der Waals surface area contributed by atoms with E-state index in [1.807, 2.05) is 37.3 Å². The average Bonchev–Trinajstić information content (AvgIpc) is 3.09. The van der Waals surface area contributed by atoms with E-state index in [1.165, 1.54) is 0 Å². The Balaban J connectivity index is 1.70. The van der Waals surface area contributed by atoms with Gasteiger partial charge in [-0.3, -0.25) is 14.5 Å². The fraction of sp³-hybridized carbons (Fsp3) is 0.385. The molecule has 0 unspecified atom stereocenters. The van der Waals surface area contributed by atoms with Crippen LogP contribution >= 0.6 is 0 Å². The monoisotopic (exact) mass is 450 g/mol. The van der Waals surface area contributed by atoms with Crippen molar-refractivity contribution in [3.8, 4) is 5.75 Å². The lowest BCUT2D eigenvalue weighted by atomic mass is 9.94. The van der Waals surface area contributed by atoms with Crippen molar-refractivity contribution in [3.05, 3.63) is 70.8 Å². The molecule has 0 bridgehead atoms. The third-order valence-electron chi connectivity index (χ3n) is 6.28. The third kappa shape index (κ3) is 4.79. The van der Waals surface area contributed by atoms with Gasteiger partial charge >= 0.3 is 0 Å². The summed E-state index contributed by atoms with van der Waals surface area (Å²) in [5, 5.41) is 11.2. The molecule has 4 rings (SSSR count). The van der Waals surface area contributed by atoms with Gasteiger partial charge in [-0.1, -0.05) is 48.0 Å². The van der Waals surface area contributed by atoms with Crippen LogP contribution in [0.25, 0.3) is 5.76 Å². The number of ether oxygens (including phenoxy) is 2. The zero-order valence-electron chi connectivity index (χ0n) is 19.1. The predicted octanol–water partition coefficient (Wildman–Crippen LogP) is 3.15. The first kappa shape index (κ1) is 23.0. The fourth-order valence-electron chi connectivity index (χ4n) is 4.48. The number of morpholine rings is 1. The van der Waals surface area contributed by atoms with E-state index in [-0.39, 0.29) is 11.3 Å². The van der Waals surface area contributed by atoms with E-state index in [2.05, 4.69) is 4.90 Å². The van der Waals surface area contributed by atoms with Gasteiger partial charge in [0.25, 0.3) is 11.7 Å². The van der Waals surface area contributed by atoms with E-state index in [4.69, 9.17) is 9.47 Å². The number of rotatable bonds is 7. The molecule has 174 valence electrons. The molecule has 0 spiro atoms. The molecule has 2 heterocycles. The summed E-state index contributed by atoms with van der Waals surface area (Å²) in [5.74, 6) is -0.866. The minimum absolute atomic E-state index is 0.0970. The topological polar surface area (TPSA) is 79.3 Å². The van der Waals surface area contributed by atoms with Crippen molar-refractivity contribution in [2.24, 2.45) is 0 Å². The molecule has 2 aliphatic rings. The highest BCUT2D eigenvalue weighted by Gasteiger charge is 2.46. The second kappa shape index (κ2) is 10.2. The molecule has 0 aromatic heterocycles. The van der Waals surface area contributed by atoms with Crippen LogP contribution in [0.5, 0.6) is 5.75 Å². The van der Waals surface area contributed by atoms with Crippen molar-refractivity contribution in [1.29, 1.82) is 0 Å². The van der Waals surface area contributed by atoms with E-state index < -0.39 is 17.7 Å². The fourth-order valence-corrected chi connectivity index (χ4v) is 4.48. The minimum atomic E-state index is -0.716. The zero-order valence-corrected chi connectivity index (χ0v) is 19.1. The van der Waals surface area contributed by atoms with Crippen molar-refractivity contribution >= 4 is 17.4 Å². The predicted molar refractivity (Wildman–Crippen MR) is 125 cm³/mol. The largest absolute Gasteiger partial charge is 0.507 e. The Hall–Kier alpha value is -3.16. The number of ketones is 1. The van der Waals surface area contributed by atoms with Gasteiger partial charge in [0.15, 0.2) is 0 Å². The van der Waals surface area contributed by atoms with Crippen LogP contribution in [-0.2, 0) is 14.3 Å². The van der Waals surface area contributed by atoms with Gasteiger partial charge < -0.3 is 19.5 Å². The lowest BCUT2D eigenvalue weighted by Crippen LogP contribution is -2.39. The van der Waals surface area contributed by atoms with E-state index in [0.29, 0.717) is 43.1 Å². The van der Waals surface area contributed by atoms with E-state index in [0.717, 1.165) is 25.2 Å². The van der Waals surface area contributed by atoms with Gasteiger partial charge in [0, 0.05) is 37.3 Å². The Morgan fingerprint density at radius 1 is 1.06 bits per heavy atom. The van der Waals surface area contributed by atoms with Gasteiger partial charge in [-0.25, -0.2) is 0 Å². The van der Waals surface area contributed by atoms with Gasteiger partial charge in [0.1, 0.15) is 11.5 Å². The van der Waals surface area contributed by atoms with Gasteiger partial charge in [0.05, 0.1) is 31.9 Å². The van der Waals surface area contributed by atoms with Crippen LogP contribution < -0.4 is 4.74 Å². The number of aryl methyl sites for hydroxylation is 1. The van der Waals surface area contributed by atoms with Gasteiger partial charge in [-0.05, 0) is 19.4 Å². The van der Waals surface area contributed by atoms with Crippen molar-refractivity contribution in [2.75, 3.05) is 46.5 Å². The Bertz CT molecular complexity index is 1040. The lowest BCUT2D eigenvalue weighted by molar-refractivity contribution is -0.140. The highest BCUT2D eigenvalue weighted by atomic mass is 16.5. The van der Waals surface area contributed by atoms with E-state index in [9.17, 15) is 14.7 Å². The average molecular weight is 451 g/mol. The molecule has 1 N–H and O–H groups in total. The molecule has 7 nitrogen and oxygen atoms in total. The molecule has 2 fully saturated rings. The molecule has 2 aliphatic heterocycles. The van der Waals surface area contributed by atoms with Crippen molar-refractivity contribution < 1.29 is 24.2 Å². The maximum atomic E-state index is 13.2. The summed E-state index contributed by atoms with van der Waals surface area (Å²) in [6, 6.07) is 13.9. The number of aliphatic hydroxyl groups excluding tert-OH is 1. The van der Waals surface area contributed by atoms with Gasteiger partial charge in [0.2, 0.25) is 0 Å². The second-order valence-corrected chi connectivity index (χ2v) is 8.41. The Morgan fingerprint density at radius 3 is 2.45 bits per heavy atom. The van der Waals surface area contributed by atoms with Crippen LogP contribution in [0.15, 0.2) is 54.1 Å². The van der Waals surface area contributed by atoms with Crippen molar-refractivity contribution in [1.82, 2.24) is 9.80 Å². The summed E-state index contributed by atoms with van der Waals surface area (Å²) in [4.78, 5) is 30.2. The molecular weight excluding hydrogens is 420 g/mol. The molecule has 7 heteroatoms. The quantitative estimate of drug-likeness (QED) is 0.397. The summed E-state index contributed by atoms with van der Waals surface area (Å²) in [6.45, 7) is 6.30. The number of methoxy groups -OCH3 is 1. The number of likely N-dealkylation sites (tertiary alicyclic amines) is 1. The first-order valence-corrected chi connectivity index (χ1v) is 11.3. The smallest absolute Gasteiger partial charge is 0.295 e. The SMILES string of the molecule is COc1ccccc1[C@@H]1C(=C(O)c2ccc(C)cc2)C(=O)C(=O)N1CCCN1CCOCC1. The number of carbonyl (C=O) groups is 2. The number of nitrogens with zero attached hydrogens (tertiary/aromatic N) is 2. The Kier molecular flexibility index (Phi) is 7.11. The molecule has 1 atom stereocenters. The van der Waals surface area contributed by atoms with Gasteiger partial charge in [-0.15, -0.1) is 0 Å². The molecule has 33 heavy (non-hydrogen) atoms. The second-order valence-electron chi connectivity index (χ2n) is 8.41. The first-order valence-electron chi connectivity index (χ1n) is 11.3. The summed E-state index contributed by atoms with van der Waals surface area (Å²) >= 11 is 0. The Labute approximate surface area is 194 Å². The Morgan fingerprint density at radius 2 is 1.76 bits per heavy atom. The molecule has 0 saturated carbocycles. The van der Waals surface area contributed by atoms with Crippen LogP contribution in [0.2, 0.25) is 0 Å². The summed E-state index contributed by atoms with van der Waals surface area (Å²) in [7, 11) is 1.56. The lowest BCUT2D eigenvalue weighted by Gasteiger charge is -2.29.